The quantitative estimate of drug-likeness (QED) is 0.560. The fourth-order valence-corrected chi connectivity index (χ4v) is 3.92. The van der Waals surface area contributed by atoms with Gasteiger partial charge < -0.3 is 20.3 Å². The van der Waals surface area contributed by atoms with E-state index >= 15 is 0 Å². The molecule has 3 heterocycles. The van der Waals surface area contributed by atoms with E-state index in [2.05, 4.69) is 27.6 Å². The van der Waals surface area contributed by atoms with Gasteiger partial charge in [-0.2, -0.15) is 0 Å². The third kappa shape index (κ3) is 4.83. The Morgan fingerprint density at radius 2 is 2.19 bits per heavy atom. The van der Waals surface area contributed by atoms with Crippen molar-refractivity contribution in [3.8, 4) is 12.3 Å². The Kier molecular flexibility index (Phi) is 5.60. The smallest absolute Gasteiger partial charge is 0.410 e. The molecule has 0 saturated heterocycles. The third-order valence-electron chi connectivity index (χ3n) is 5.43. The van der Waals surface area contributed by atoms with Crippen LogP contribution in [-0.2, 0) is 11.2 Å². The summed E-state index contributed by atoms with van der Waals surface area (Å²) >= 11 is 0. The first-order valence-electron chi connectivity index (χ1n) is 10.6. The maximum Gasteiger partial charge on any atom is 0.410 e. The monoisotopic (exact) mass is 416 g/mol. The number of hydrogen-bond acceptors (Lipinski definition) is 5. The van der Waals surface area contributed by atoms with Crippen molar-refractivity contribution in [2.45, 2.75) is 45.3 Å². The van der Waals surface area contributed by atoms with Crippen LogP contribution in [0.3, 0.4) is 0 Å². The minimum atomic E-state index is -0.482. The van der Waals surface area contributed by atoms with E-state index in [1.165, 1.54) is 5.57 Å². The zero-order valence-electron chi connectivity index (χ0n) is 18.2. The van der Waals surface area contributed by atoms with Gasteiger partial charge in [-0.1, -0.05) is 18.1 Å². The fourth-order valence-electron chi connectivity index (χ4n) is 3.92. The lowest BCUT2D eigenvalue weighted by Gasteiger charge is -2.31. The first kappa shape index (κ1) is 20.8. The second-order valence-electron chi connectivity index (χ2n) is 8.89. The van der Waals surface area contributed by atoms with E-state index < -0.39 is 5.60 Å². The predicted octanol–water partition coefficient (Wildman–Crippen LogP) is 4.71. The molecule has 1 aromatic heterocycles. The Morgan fingerprint density at radius 1 is 1.35 bits per heavy atom. The van der Waals surface area contributed by atoms with E-state index in [0.29, 0.717) is 13.1 Å². The molecule has 4 rings (SSSR count). The average molecular weight is 417 g/mol. The van der Waals surface area contributed by atoms with Crippen molar-refractivity contribution < 1.29 is 9.53 Å². The highest BCUT2D eigenvalue weighted by Crippen LogP contribution is 2.35. The summed E-state index contributed by atoms with van der Waals surface area (Å²) in [6, 6.07) is 10.00. The molecule has 0 radical (unpaired) electrons. The van der Waals surface area contributed by atoms with Crippen molar-refractivity contribution in [3.05, 3.63) is 59.3 Å². The van der Waals surface area contributed by atoms with Gasteiger partial charge in [0, 0.05) is 48.2 Å². The molecule has 1 amide bonds. The zero-order valence-corrected chi connectivity index (χ0v) is 18.2. The summed E-state index contributed by atoms with van der Waals surface area (Å²) in [6.45, 7) is 6.88. The number of nitrogens with zero attached hydrogens (tertiary/aromatic N) is 2. The Balaban J connectivity index is 1.44. The molecule has 2 aliphatic rings. The van der Waals surface area contributed by atoms with Crippen LogP contribution in [0.2, 0.25) is 0 Å². The maximum absolute atomic E-state index is 12.3. The molecule has 6 nitrogen and oxygen atoms in total. The van der Waals surface area contributed by atoms with Gasteiger partial charge >= 0.3 is 6.09 Å². The molecule has 6 heteroatoms. The fraction of sp³-hybridized carbons (Fsp3) is 0.360. The summed E-state index contributed by atoms with van der Waals surface area (Å²) in [4.78, 5) is 18.6. The first-order valence-corrected chi connectivity index (χ1v) is 10.6. The number of aromatic nitrogens is 1. The molecule has 2 aromatic rings. The largest absolute Gasteiger partial charge is 0.444 e. The SMILES string of the molecule is C#Cc1cccc(Nc2ccnc3c2CC(C2=CCN(C(=O)OC(C)(C)C)CC2)N3)c1. The van der Waals surface area contributed by atoms with Crippen LogP contribution >= 0.6 is 0 Å². The normalized spacial score (nSPS) is 17.8. The number of benzene rings is 1. The van der Waals surface area contributed by atoms with Crippen molar-refractivity contribution in [1.82, 2.24) is 9.88 Å². The Morgan fingerprint density at radius 3 is 2.90 bits per heavy atom. The molecule has 0 aliphatic carbocycles. The minimum Gasteiger partial charge on any atom is -0.444 e. The summed E-state index contributed by atoms with van der Waals surface area (Å²) in [5.41, 5.74) is 4.81. The molecular weight excluding hydrogens is 388 g/mol. The van der Waals surface area contributed by atoms with E-state index in [9.17, 15) is 4.79 Å². The first-order chi connectivity index (χ1) is 14.8. The van der Waals surface area contributed by atoms with Gasteiger partial charge in [0.15, 0.2) is 0 Å². The molecule has 160 valence electrons. The van der Waals surface area contributed by atoms with Gasteiger partial charge in [-0.3, -0.25) is 0 Å². The van der Waals surface area contributed by atoms with Crippen LogP contribution in [-0.4, -0.2) is 40.7 Å². The van der Waals surface area contributed by atoms with Crippen molar-refractivity contribution in [1.29, 1.82) is 0 Å². The molecule has 0 spiro atoms. The van der Waals surface area contributed by atoms with Gasteiger partial charge in [0.05, 0.1) is 6.04 Å². The summed E-state index contributed by atoms with van der Waals surface area (Å²) in [5, 5.41) is 7.03. The van der Waals surface area contributed by atoms with Crippen molar-refractivity contribution in [2.24, 2.45) is 0 Å². The highest BCUT2D eigenvalue weighted by molar-refractivity contribution is 5.72. The average Bonchev–Trinajstić information content (AvgIpc) is 3.18. The van der Waals surface area contributed by atoms with Gasteiger partial charge in [-0.05, 0) is 57.0 Å². The highest BCUT2D eigenvalue weighted by atomic mass is 16.6. The molecule has 0 bridgehead atoms. The molecule has 0 saturated carbocycles. The molecule has 2 N–H and O–H groups in total. The van der Waals surface area contributed by atoms with Crippen LogP contribution in [0.4, 0.5) is 22.0 Å². The van der Waals surface area contributed by atoms with Crippen LogP contribution < -0.4 is 10.6 Å². The van der Waals surface area contributed by atoms with Crippen LogP contribution in [0.5, 0.6) is 0 Å². The number of hydrogen-bond donors (Lipinski definition) is 2. The van der Waals surface area contributed by atoms with E-state index in [4.69, 9.17) is 11.2 Å². The summed E-state index contributed by atoms with van der Waals surface area (Å²) in [6.07, 6.45) is 10.9. The van der Waals surface area contributed by atoms with E-state index in [1.807, 2.05) is 51.1 Å². The number of carbonyl (C=O) groups is 1. The summed E-state index contributed by atoms with van der Waals surface area (Å²) < 4.78 is 5.49. The lowest BCUT2D eigenvalue weighted by Crippen LogP contribution is -2.40. The topological polar surface area (TPSA) is 66.5 Å². The lowest BCUT2D eigenvalue weighted by molar-refractivity contribution is 0.0265. The molecule has 2 aliphatic heterocycles. The van der Waals surface area contributed by atoms with Crippen LogP contribution in [0, 0.1) is 12.3 Å². The predicted molar refractivity (Wildman–Crippen MR) is 124 cm³/mol. The number of anilines is 3. The number of fused-ring (bicyclic) bond motifs is 1. The standard InChI is InChI=1S/C25H28N4O2/c1-5-17-7-6-8-19(15-17)27-21-9-12-26-23-20(21)16-22(28-23)18-10-13-29(14-11-18)24(30)31-25(2,3)4/h1,6-10,12,15,22H,11,13-14,16H2,2-4H3,(H2,26,27,28). The maximum atomic E-state index is 12.3. The minimum absolute atomic E-state index is 0.184. The molecular formula is C25H28N4O2. The van der Waals surface area contributed by atoms with Crippen LogP contribution in [0.25, 0.3) is 0 Å². The number of carbonyl (C=O) groups excluding carboxylic acids is 1. The number of nitrogens with one attached hydrogen (secondary N) is 2. The van der Waals surface area contributed by atoms with E-state index in [-0.39, 0.29) is 12.1 Å². The van der Waals surface area contributed by atoms with E-state index in [1.54, 1.807) is 11.1 Å². The second-order valence-corrected chi connectivity index (χ2v) is 8.89. The summed E-state index contributed by atoms with van der Waals surface area (Å²) in [7, 11) is 0. The summed E-state index contributed by atoms with van der Waals surface area (Å²) in [5.74, 6) is 3.57. The number of pyridine rings is 1. The lowest BCUT2D eigenvalue weighted by atomic mass is 9.97. The van der Waals surface area contributed by atoms with Crippen LogP contribution in [0.15, 0.2) is 48.2 Å². The van der Waals surface area contributed by atoms with Crippen molar-refractivity contribution in [2.75, 3.05) is 23.7 Å². The number of ether oxygens (including phenoxy) is 1. The van der Waals surface area contributed by atoms with Crippen LogP contribution in [0.1, 0.15) is 38.3 Å². The number of amides is 1. The van der Waals surface area contributed by atoms with Crippen molar-refractivity contribution in [3.63, 3.8) is 0 Å². The molecule has 1 unspecified atom stereocenters. The molecule has 0 fully saturated rings. The highest BCUT2D eigenvalue weighted by Gasteiger charge is 2.30. The number of rotatable bonds is 3. The third-order valence-corrected chi connectivity index (χ3v) is 5.43. The Hall–Kier alpha value is -3.46. The zero-order chi connectivity index (χ0) is 22.0. The second kappa shape index (κ2) is 8.35. The van der Waals surface area contributed by atoms with Gasteiger partial charge in [-0.25, -0.2) is 9.78 Å². The Labute approximate surface area is 183 Å². The van der Waals surface area contributed by atoms with Crippen molar-refractivity contribution >= 4 is 23.3 Å². The van der Waals surface area contributed by atoms with Gasteiger partial charge in [-0.15, -0.1) is 6.42 Å². The van der Waals surface area contributed by atoms with Gasteiger partial charge in [0.25, 0.3) is 0 Å². The molecule has 31 heavy (non-hydrogen) atoms. The Bertz CT molecular complexity index is 1060. The van der Waals surface area contributed by atoms with E-state index in [0.717, 1.165) is 41.2 Å². The van der Waals surface area contributed by atoms with Gasteiger partial charge in [0.1, 0.15) is 11.4 Å². The van der Waals surface area contributed by atoms with Gasteiger partial charge in [0.2, 0.25) is 0 Å². The molecule has 1 atom stereocenters. The molecule has 1 aromatic carbocycles. The number of terminal acetylenes is 1.